The smallest absolute Gasteiger partial charge is 0.343 e. The van der Waals surface area contributed by atoms with Crippen molar-refractivity contribution >= 4 is 12.2 Å². The Labute approximate surface area is 238 Å². The number of carbonyl (C=O) groups excluding carboxylic acids is 1. The SMILES string of the molecule is CCCCCCCCOc1ccc(C(=O)Oc2ccc(-c3ccc(C=N[C@@H](C)c4ccccc4)cc3)cc2)cc1. The summed E-state index contributed by atoms with van der Waals surface area (Å²) in [5, 5.41) is 0. The second-order valence-corrected chi connectivity index (χ2v) is 10.0. The molecule has 4 aromatic rings. The maximum atomic E-state index is 12.6. The molecule has 1 atom stereocenters. The molecular formula is C36H39NO3. The minimum Gasteiger partial charge on any atom is -0.494 e. The number of ether oxygens (including phenoxy) is 2. The van der Waals surface area contributed by atoms with E-state index in [0.717, 1.165) is 28.9 Å². The van der Waals surface area contributed by atoms with E-state index < -0.39 is 0 Å². The Morgan fingerprint density at radius 3 is 2.00 bits per heavy atom. The molecule has 0 amide bonds. The molecule has 206 valence electrons. The van der Waals surface area contributed by atoms with Crippen molar-refractivity contribution in [3.63, 3.8) is 0 Å². The lowest BCUT2D eigenvalue weighted by molar-refractivity contribution is 0.0734. The van der Waals surface area contributed by atoms with Crippen LogP contribution in [0.1, 0.15) is 79.9 Å². The summed E-state index contributed by atoms with van der Waals surface area (Å²) < 4.78 is 11.4. The Balaban J connectivity index is 1.25. The Hall–Kier alpha value is -4.18. The minimum atomic E-state index is -0.386. The van der Waals surface area contributed by atoms with Crippen molar-refractivity contribution in [2.75, 3.05) is 6.61 Å². The van der Waals surface area contributed by atoms with Gasteiger partial charge in [-0.15, -0.1) is 0 Å². The van der Waals surface area contributed by atoms with Crippen LogP contribution in [0.4, 0.5) is 0 Å². The molecule has 0 heterocycles. The fourth-order valence-electron chi connectivity index (χ4n) is 4.42. The van der Waals surface area contributed by atoms with Gasteiger partial charge in [-0.05, 0) is 72.0 Å². The molecule has 0 aliphatic rings. The predicted octanol–water partition coefficient (Wildman–Crippen LogP) is 9.49. The summed E-state index contributed by atoms with van der Waals surface area (Å²) in [6.07, 6.45) is 9.29. The third-order valence-corrected chi connectivity index (χ3v) is 6.89. The first-order valence-electron chi connectivity index (χ1n) is 14.4. The molecule has 0 unspecified atom stereocenters. The molecule has 0 radical (unpaired) electrons. The molecule has 4 nitrogen and oxygen atoms in total. The largest absolute Gasteiger partial charge is 0.494 e. The maximum Gasteiger partial charge on any atom is 0.343 e. The standard InChI is InChI=1S/C36H39NO3/c1-3-4-5-6-7-11-26-39-34-22-20-33(21-23-34)36(38)40-35-24-18-32(19-25-35)31-16-14-29(15-17-31)27-37-28(2)30-12-9-8-10-13-30/h8-10,12-25,27-28H,3-7,11,26H2,1-2H3/t28-/m0/s1. The maximum absolute atomic E-state index is 12.6. The molecule has 0 N–H and O–H groups in total. The van der Waals surface area contributed by atoms with Crippen LogP contribution < -0.4 is 9.47 Å². The van der Waals surface area contributed by atoms with Gasteiger partial charge in [0, 0.05) is 6.21 Å². The molecule has 0 bridgehead atoms. The average Bonchev–Trinajstić information content (AvgIpc) is 3.01. The summed E-state index contributed by atoms with van der Waals surface area (Å²) in [4.78, 5) is 17.3. The van der Waals surface area contributed by atoms with E-state index >= 15 is 0 Å². The number of nitrogens with zero attached hydrogens (tertiary/aromatic N) is 1. The Morgan fingerprint density at radius 1 is 0.725 bits per heavy atom. The van der Waals surface area contributed by atoms with Crippen LogP contribution in [-0.2, 0) is 0 Å². The summed E-state index contributed by atoms with van der Waals surface area (Å²) in [5.74, 6) is 0.900. The summed E-state index contributed by atoms with van der Waals surface area (Å²) in [6, 6.07) is 33.4. The first-order chi connectivity index (χ1) is 19.6. The molecule has 4 rings (SSSR count). The number of esters is 1. The van der Waals surface area contributed by atoms with E-state index in [2.05, 4.69) is 55.2 Å². The van der Waals surface area contributed by atoms with Gasteiger partial charge in [-0.2, -0.15) is 0 Å². The van der Waals surface area contributed by atoms with Crippen LogP contribution in [-0.4, -0.2) is 18.8 Å². The molecule has 0 saturated heterocycles. The normalized spacial score (nSPS) is 11.8. The van der Waals surface area contributed by atoms with Gasteiger partial charge in [-0.1, -0.05) is 106 Å². The van der Waals surface area contributed by atoms with Crippen molar-refractivity contribution in [1.29, 1.82) is 0 Å². The highest BCUT2D eigenvalue weighted by molar-refractivity contribution is 5.91. The van der Waals surface area contributed by atoms with Gasteiger partial charge in [0.2, 0.25) is 0 Å². The summed E-state index contributed by atoms with van der Waals surface area (Å²) in [5.41, 5.74) is 4.88. The van der Waals surface area contributed by atoms with E-state index in [4.69, 9.17) is 9.47 Å². The first-order valence-corrected chi connectivity index (χ1v) is 14.4. The van der Waals surface area contributed by atoms with Gasteiger partial charge in [0.1, 0.15) is 11.5 Å². The highest BCUT2D eigenvalue weighted by Crippen LogP contribution is 2.24. The molecule has 4 aromatic carbocycles. The topological polar surface area (TPSA) is 47.9 Å². The van der Waals surface area contributed by atoms with Crippen LogP contribution in [0.5, 0.6) is 11.5 Å². The number of hydrogen-bond acceptors (Lipinski definition) is 4. The predicted molar refractivity (Wildman–Crippen MR) is 165 cm³/mol. The van der Waals surface area contributed by atoms with Crippen LogP contribution in [0.3, 0.4) is 0 Å². The monoisotopic (exact) mass is 533 g/mol. The van der Waals surface area contributed by atoms with Gasteiger partial charge in [0.25, 0.3) is 0 Å². The zero-order valence-corrected chi connectivity index (χ0v) is 23.6. The second-order valence-electron chi connectivity index (χ2n) is 10.0. The molecule has 0 aliphatic carbocycles. The third-order valence-electron chi connectivity index (χ3n) is 6.89. The molecule has 0 aromatic heterocycles. The highest BCUT2D eigenvalue weighted by atomic mass is 16.5. The lowest BCUT2D eigenvalue weighted by Crippen LogP contribution is -2.08. The van der Waals surface area contributed by atoms with E-state index in [9.17, 15) is 4.79 Å². The van der Waals surface area contributed by atoms with Crippen molar-refractivity contribution in [2.24, 2.45) is 4.99 Å². The fourth-order valence-corrected chi connectivity index (χ4v) is 4.42. The number of unbranched alkanes of at least 4 members (excludes halogenated alkanes) is 5. The van der Waals surface area contributed by atoms with Crippen LogP contribution in [0.25, 0.3) is 11.1 Å². The Morgan fingerprint density at radius 2 is 1.32 bits per heavy atom. The van der Waals surface area contributed by atoms with E-state index in [0.29, 0.717) is 17.9 Å². The van der Waals surface area contributed by atoms with Crippen LogP contribution in [0.15, 0.2) is 108 Å². The van der Waals surface area contributed by atoms with E-state index in [1.54, 1.807) is 12.1 Å². The molecule has 0 spiro atoms. The van der Waals surface area contributed by atoms with E-state index in [-0.39, 0.29) is 12.0 Å². The lowest BCUT2D eigenvalue weighted by Gasteiger charge is -2.08. The molecule has 0 saturated carbocycles. The number of carbonyl (C=O) groups is 1. The number of hydrogen-bond donors (Lipinski definition) is 0. The average molecular weight is 534 g/mol. The molecule has 4 heteroatoms. The first kappa shape index (κ1) is 28.8. The number of benzene rings is 4. The van der Waals surface area contributed by atoms with Crippen LogP contribution >= 0.6 is 0 Å². The zero-order chi connectivity index (χ0) is 28.0. The Kier molecular flexibility index (Phi) is 11.1. The van der Waals surface area contributed by atoms with Crippen molar-refractivity contribution in [2.45, 2.75) is 58.4 Å². The van der Waals surface area contributed by atoms with E-state index in [1.807, 2.05) is 60.8 Å². The van der Waals surface area contributed by atoms with Gasteiger partial charge in [0.15, 0.2) is 0 Å². The molecule has 0 aliphatic heterocycles. The Bertz CT molecular complexity index is 1330. The van der Waals surface area contributed by atoms with Crippen molar-refractivity contribution in [3.05, 3.63) is 120 Å². The van der Waals surface area contributed by atoms with E-state index in [1.165, 1.54) is 37.7 Å². The van der Waals surface area contributed by atoms with Crippen molar-refractivity contribution in [1.82, 2.24) is 0 Å². The molecule has 40 heavy (non-hydrogen) atoms. The van der Waals surface area contributed by atoms with Crippen molar-refractivity contribution in [3.8, 4) is 22.6 Å². The summed E-state index contributed by atoms with van der Waals surface area (Å²) >= 11 is 0. The van der Waals surface area contributed by atoms with Crippen molar-refractivity contribution < 1.29 is 14.3 Å². The second kappa shape index (κ2) is 15.4. The zero-order valence-electron chi connectivity index (χ0n) is 23.6. The molecule has 0 fully saturated rings. The summed E-state index contributed by atoms with van der Waals surface area (Å²) in [6.45, 7) is 5.02. The van der Waals surface area contributed by atoms with Gasteiger partial charge in [-0.3, -0.25) is 4.99 Å². The fraction of sp³-hybridized carbons (Fsp3) is 0.278. The third kappa shape index (κ3) is 8.94. The minimum absolute atomic E-state index is 0.109. The van der Waals surface area contributed by atoms with Crippen LogP contribution in [0, 0.1) is 0 Å². The molecular weight excluding hydrogens is 494 g/mol. The van der Waals surface area contributed by atoms with Gasteiger partial charge in [-0.25, -0.2) is 4.79 Å². The quantitative estimate of drug-likeness (QED) is 0.0702. The van der Waals surface area contributed by atoms with Gasteiger partial charge >= 0.3 is 5.97 Å². The number of rotatable bonds is 14. The van der Waals surface area contributed by atoms with Crippen LogP contribution in [0.2, 0.25) is 0 Å². The highest BCUT2D eigenvalue weighted by Gasteiger charge is 2.09. The van der Waals surface area contributed by atoms with Gasteiger partial charge in [0.05, 0.1) is 18.2 Å². The van der Waals surface area contributed by atoms with Gasteiger partial charge < -0.3 is 9.47 Å². The summed E-state index contributed by atoms with van der Waals surface area (Å²) in [7, 11) is 0. The number of aliphatic imine (C=N–C) groups is 1. The lowest BCUT2D eigenvalue weighted by atomic mass is 10.0.